The summed E-state index contributed by atoms with van der Waals surface area (Å²) in [6.07, 6.45) is 1.60. The maximum Gasteiger partial charge on any atom is 0.220 e. The summed E-state index contributed by atoms with van der Waals surface area (Å²) >= 11 is 0. The van der Waals surface area contributed by atoms with Crippen LogP contribution in [0.25, 0.3) is 0 Å². The van der Waals surface area contributed by atoms with Crippen LogP contribution in [0.5, 0.6) is 0 Å². The Labute approximate surface area is 175 Å². The van der Waals surface area contributed by atoms with Gasteiger partial charge in [-0.05, 0) is 40.7 Å². The summed E-state index contributed by atoms with van der Waals surface area (Å²) in [7, 11) is 4.11. The lowest BCUT2D eigenvalue weighted by atomic mass is 9.92. The zero-order valence-electron chi connectivity index (χ0n) is 18.5. The van der Waals surface area contributed by atoms with Crippen molar-refractivity contribution in [2.75, 3.05) is 32.1 Å². The van der Waals surface area contributed by atoms with Gasteiger partial charge < -0.3 is 10.2 Å². The van der Waals surface area contributed by atoms with Crippen LogP contribution in [-0.4, -0.2) is 38.0 Å². The van der Waals surface area contributed by atoms with E-state index in [1.54, 1.807) is 0 Å². The molecule has 29 heavy (non-hydrogen) atoms. The van der Waals surface area contributed by atoms with Gasteiger partial charge in [0.1, 0.15) is 0 Å². The van der Waals surface area contributed by atoms with E-state index in [0.717, 1.165) is 19.5 Å². The maximum absolute atomic E-state index is 12.5. The molecule has 2 aromatic rings. The quantitative estimate of drug-likeness (QED) is 0.790. The molecule has 1 unspecified atom stereocenters. The summed E-state index contributed by atoms with van der Waals surface area (Å²) < 4.78 is 0. The fourth-order valence-electron chi connectivity index (χ4n) is 3.99. The molecule has 1 atom stereocenters. The monoisotopic (exact) mass is 393 g/mol. The van der Waals surface area contributed by atoms with E-state index < -0.39 is 0 Å². The van der Waals surface area contributed by atoms with Gasteiger partial charge in [0, 0.05) is 45.8 Å². The smallest absolute Gasteiger partial charge is 0.220 e. The molecule has 0 fully saturated rings. The minimum atomic E-state index is -0.00297. The van der Waals surface area contributed by atoms with E-state index in [-0.39, 0.29) is 17.4 Å². The number of anilines is 1. The van der Waals surface area contributed by atoms with Crippen molar-refractivity contribution in [1.82, 2.24) is 10.2 Å². The van der Waals surface area contributed by atoms with Crippen molar-refractivity contribution in [3.8, 4) is 0 Å². The molecule has 1 N–H and O–H groups in total. The molecule has 0 radical (unpaired) electrons. The first-order valence-corrected chi connectivity index (χ1v) is 10.6. The second kappa shape index (κ2) is 9.00. The fraction of sp³-hybridized carbons (Fsp3) is 0.480. The van der Waals surface area contributed by atoms with Crippen molar-refractivity contribution in [2.24, 2.45) is 5.41 Å². The number of fused-ring (bicyclic) bond motifs is 1. The molecule has 4 heteroatoms. The Morgan fingerprint density at radius 2 is 1.72 bits per heavy atom. The van der Waals surface area contributed by atoms with E-state index in [1.807, 2.05) is 0 Å². The molecule has 0 saturated carbocycles. The lowest BCUT2D eigenvalue weighted by Crippen LogP contribution is -2.41. The van der Waals surface area contributed by atoms with Gasteiger partial charge in [0.15, 0.2) is 0 Å². The molecule has 0 spiro atoms. The second-order valence-corrected chi connectivity index (χ2v) is 9.53. The van der Waals surface area contributed by atoms with Crippen molar-refractivity contribution < 1.29 is 4.79 Å². The van der Waals surface area contributed by atoms with E-state index in [2.05, 4.69) is 98.5 Å². The van der Waals surface area contributed by atoms with Gasteiger partial charge in [0.2, 0.25) is 5.91 Å². The van der Waals surface area contributed by atoms with Crippen LogP contribution in [-0.2, 0) is 17.8 Å². The molecule has 156 valence electrons. The Kier molecular flexibility index (Phi) is 6.63. The van der Waals surface area contributed by atoms with Crippen LogP contribution in [0.3, 0.4) is 0 Å². The van der Waals surface area contributed by atoms with E-state index in [4.69, 9.17) is 0 Å². The highest BCUT2D eigenvalue weighted by molar-refractivity contribution is 5.76. The number of rotatable bonds is 6. The Balaban J connectivity index is 1.79. The molecule has 4 nitrogen and oxygen atoms in total. The number of carbonyl (C=O) groups excluding carboxylic acids is 1. The minimum absolute atomic E-state index is 0.00297. The van der Waals surface area contributed by atoms with Crippen LogP contribution in [0.2, 0.25) is 0 Å². The summed E-state index contributed by atoms with van der Waals surface area (Å²) in [5.41, 5.74) is 5.29. The number of nitrogens with one attached hydrogen (secondary N) is 1. The van der Waals surface area contributed by atoms with Crippen molar-refractivity contribution in [3.63, 3.8) is 0 Å². The summed E-state index contributed by atoms with van der Waals surface area (Å²) in [6, 6.07) is 17.6. The van der Waals surface area contributed by atoms with Gasteiger partial charge in [-0.15, -0.1) is 0 Å². The summed E-state index contributed by atoms with van der Waals surface area (Å²) in [4.78, 5) is 17.1. The van der Waals surface area contributed by atoms with Crippen molar-refractivity contribution in [2.45, 2.75) is 46.2 Å². The highest BCUT2D eigenvalue weighted by Crippen LogP contribution is 2.29. The molecular formula is C25H35N3O. The Morgan fingerprint density at radius 3 is 2.34 bits per heavy atom. The third-order valence-corrected chi connectivity index (χ3v) is 5.58. The Morgan fingerprint density at radius 1 is 1.07 bits per heavy atom. The molecule has 0 aliphatic carbocycles. The average molecular weight is 394 g/mol. The van der Waals surface area contributed by atoms with Crippen molar-refractivity contribution >= 4 is 11.6 Å². The standard InChI is InChI=1S/C25H35N3O/c1-25(2,3)16-24(29)26-17-23(20-10-12-22(13-11-20)27(4)5)28-15-14-19-8-6-7-9-21(19)18-28/h6-13,23H,14-18H2,1-5H3,(H,26,29). The van der Waals surface area contributed by atoms with E-state index >= 15 is 0 Å². The number of amides is 1. The van der Waals surface area contributed by atoms with Crippen LogP contribution in [0.15, 0.2) is 48.5 Å². The van der Waals surface area contributed by atoms with E-state index in [0.29, 0.717) is 13.0 Å². The molecule has 1 aliphatic rings. The molecule has 0 aromatic heterocycles. The molecule has 0 saturated heterocycles. The first kappa shape index (κ1) is 21.4. The number of hydrogen-bond acceptors (Lipinski definition) is 3. The zero-order chi connectivity index (χ0) is 21.0. The van der Waals surface area contributed by atoms with Gasteiger partial charge in [-0.25, -0.2) is 0 Å². The molecule has 1 amide bonds. The molecule has 1 aliphatic heterocycles. The van der Waals surface area contributed by atoms with Gasteiger partial charge in [-0.1, -0.05) is 57.2 Å². The van der Waals surface area contributed by atoms with Crippen LogP contribution >= 0.6 is 0 Å². The zero-order valence-corrected chi connectivity index (χ0v) is 18.5. The van der Waals surface area contributed by atoms with Crippen molar-refractivity contribution in [3.05, 3.63) is 65.2 Å². The first-order chi connectivity index (χ1) is 13.7. The lowest BCUT2D eigenvalue weighted by Gasteiger charge is -2.36. The Hall–Kier alpha value is -2.33. The second-order valence-electron chi connectivity index (χ2n) is 9.53. The third-order valence-electron chi connectivity index (χ3n) is 5.58. The van der Waals surface area contributed by atoms with Gasteiger partial charge >= 0.3 is 0 Å². The lowest BCUT2D eigenvalue weighted by molar-refractivity contribution is -0.123. The van der Waals surface area contributed by atoms with E-state index in [1.165, 1.54) is 22.4 Å². The average Bonchev–Trinajstić information content (AvgIpc) is 2.67. The number of hydrogen-bond donors (Lipinski definition) is 1. The SMILES string of the molecule is CN(C)c1ccc(C(CNC(=O)CC(C)(C)C)N2CCc3ccccc3C2)cc1. The molecule has 0 bridgehead atoms. The highest BCUT2D eigenvalue weighted by Gasteiger charge is 2.26. The largest absolute Gasteiger partial charge is 0.378 e. The molecule has 3 rings (SSSR count). The first-order valence-electron chi connectivity index (χ1n) is 10.6. The number of benzene rings is 2. The van der Waals surface area contributed by atoms with Gasteiger partial charge in [0.05, 0.1) is 6.04 Å². The minimum Gasteiger partial charge on any atom is -0.378 e. The van der Waals surface area contributed by atoms with Crippen LogP contribution in [0.4, 0.5) is 5.69 Å². The van der Waals surface area contributed by atoms with E-state index in [9.17, 15) is 4.79 Å². The summed E-state index contributed by atoms with van der Waals surface area (Å²) in [6.45, 7) is 8.87. The maximum atomic E-state index is 12.5. The highest BCUT2D eigenvalue weighted by atomic mass is 16.1. The van der Waals surface area contributed by atoms with Crippen LogP contribution in [0.1, 0.15) is 49.9 Å². The summed E-state index contributed by atoms with van der Waals surface area (Å²) in [5.74, 6) is 0.129. The Bertz CT molecular complexity index is 821. The fourth-order valence-corrected chi connectivity index (χ4v) is 3.99. The van der Waals surface area contributed by atoms with Gasteiger partial charge in [-0.2, -0.15) is 0 Å². The molecule has 2 aromatic carbocycles. The predicted octanol–water partition coefficient (Wildman–Crippen LogP) is 4.40. The normalized spacial score (nSPS) is 15.5. The van der Waals surface area contributed by atoms with Gasteiger partial charge in [-0.3, -0.25) is 9.69 Å². The number of nitrogens with zero attached hydrogens (tertiary/aromatic N) is 2. The summed E-state index contributed by atoms with van der Waals surface area (Å²) in [5, 5.41) is 3.21. The third kappa shape index (κ3) is 5.83. The predicted molar refractivity (Wildman–Crippen MR) is 121 cm³/mol. The van der Waals surface area contributed by atoms with Gasteiger partial charge in [0.25, 0.3) is 0 Å². The van der Waals surface area contributed by atoms with Crippen LogP contribution in [0, 0.1) is 5.41 Å². The van der Waals surface area contributed by atoms with Crippen molar-refractivity contribution in [1.29, 1.82) is 0 Å². The van der Waals surface area contributed by atoms with Crippen LogP contribution < -0.4 is 10.2 Å². The molecule has 1 heterocycles. The topological polar surface area (TPSA) is 35.6 Å². The molecular weight excluding hydrogens is 358 g/mol. The number of carbonyl (C=O) groups is 1.